The predicted octanol–water partition coefficient (Wildman–Crippen LogP) is 2.27. The van der Waals surface area contributed by atoms with E-state index in [4.69, 9.17) is 0 Å². The van der Waals surface area contributed by atoms with Crippen molar-refractivity contribution in [2.75, 3.05) is 13.1 Å². The van der Waals surface area contributed by atoms with Crippen LogP contribution in [-0.2, 0) is 31.2 Å². The molecule has 0 radical (unpaired) electrons. The van der Waals surface area contributed by atoms with Gasteiger partial charge in [0, 0.05) is 45.5 Å². The molecule has 1 atom stereocenters. The standard InChI is InChI=1S/C22H25N5O/c1-26-16-25-19-10-13-27(15-18-6-3-2-4-7-18)21(20(19)26)22(28)24-12-9-17-8-5-11-23-14-17/h2-8,11,14,16,21H,9-10,12-13,15H2,1H3,(H,24,28)/t21-/m1/s1. The van der Waals surface area contributed by atoms with Gasteiger partial charge in [-0.3, -0.25) is 14.7 Å². The largest absolute Gasteiger partial charge is 0.354 e. The van der Waals surface area contributed by atoms with Crippen LogP contribution in [0, 0.1) is 0 Å². The lowest BCUT2D eigenvalue weighted by molar-refractivity contribution is -0.127. The third kappa shape index (κ3) is 3.97. The molecule has 3 heterocycles. The van der Waals surface area contributed by atoms with E-state index in [1.54, 1.807) is 6.20 Å². The summed E-state index contributed by atoms with van der Waals surface area (Å²) in [4.78, 5) is 24.1. The molecular formula is C22H25N5O. The number of fused-ring (bicyclic) bond motifs is 1. The molecule has 1 N–H and O–H groups in total. The maximum atomic E-state index is 13.2. The number of imidazole rings is 1. The second-order valence-corrected chi connectivity index (χ2v) is 7.20. The first kappa shape index (κ1) is 18.4. The van der Waals surface area contributed by atoms with Crippen molar-refractivity contribution < 1.29 is 4.79 Å². The van der Waals surface area contributed by atoms with E-state index in [2.05, 4.69) is 32.3 Å². The van der Waals surface area contributed by atoms with Gasteiger partial charge in [0.25, 0.3) is 0 Å². The molecule has 0 bridgehead atoms. The Morgan fingerprint density at radius 2 is 2.00 bits per heavy atom. The van der Waals surface area contributed by atoms with Crippen molar-refractivity contribution in [2.24, 2.45) is 7.05 Å². The molecule has 4 rings (SSSR count). The molecule has 28 heavy (non-hydrogen) atoms. The third-order valence-electron chi connectivity index (χ3n) is 5.23. The van der Waals surface area contributed by atoms with Gasteiger partial charge in [0.05, 0.1) is 17.7 Å². The second-order valence-electron chi connectivity index (χ2n) is 7.20. The SMILES string of the molecule is Cn1cnc2c1[C@H](C(=O)NCCc1cccnc1)N(Cc1ccccc1)CC2. The molecule has 0 unspecified atom stereocenters. The highest BCUT2D eigenvalue weighted by molar-refractivity contribution is 5.83. The number of nitrogens with one attached hydrogen (secondary N) is 1. The Kier molecular flexibility index (Phi) is 5.48. The normalized spacial score (nSPS) is 16.5. The van der Waals surface area contributed by atoms with E-state index < -0.39 is 0 Å². The van der Waals surface area contributed by atoms with Gasteiger partial charge in [-0.1, -0.05) is 36.4 Å². The van der Waals surface area contributed by atoms with E-state index in [0.29, 0.717) is 6.54 Å². The van der Waals surface area contributed by atoms with Crippen molar-refractivity contribution in [1.29, 1.82) is 0 Å². The van der Waals surface area contributed by atoms with Crippen LogP contribution in [0.2, 0.25) is 0 Å². The molecule has 1 amide bonds. The highest BCUT2D eigenvalue weighted by Crippen LogP contribution is 2.30. The fourth-order valence-corrected chi connectivity index (χ4v) is 3.83. The summed E-state index contributed by atoms with van der Waals surface area (Å²) < 4.78 is 1.98. The zero-order chi connectivity index (χ0) is 19.3. The van der Waals surface area contributed by atoms with Gasteiger partial charge in [-0.25, -0.2) is 4.98 Å². The van der Waals surface area contributed by atoms with Crippen LogP contribution >= 0.6 is 0 Å². The van der Waals surface area contributed by atoms with Crippen LogP contribution in [0.3, 0.4) is 0 Å². The number of aryl methyl sites for hydroxylation is 1. The molecule has 0 fully saturated rings. The first-order chi connectivity index (χ1) is 13.7. The fourth-order valence-electron chi connectivity index (χ4n) is 3.83. The van der Waals surface area contributed by atoms with Crippen molar-refractivity contribution in [3.05, 3.63) is 83.7 Å². The number of rotatable bonds is 6. The summed E-state index contributed by atoms with van der Waals surface area (Å²) in [5.74, 6) is 0.0318. The Labute approximate surface area is 165 Å². The van der Waals surface area contributed by atoms with Gasteiger partial charge < -0.3 is 9.88 Å². The van der Waals surface area contributed by atoms with Gasteiger partial charge >= 0.3 is 0 Å². The Balaban J connectivity index is 1.51. The van der Waals surface area contributed by atoms with Crippen molar-refractivity contribution in [2.45, 2.75) is 25.4 Å². The molecule has 144 valence electrons. The van der Waals surface area contributed by atoms with E-state index in [1.807, 2.05) is 54.5 Å². The summed E-state index contributed by atoms with van der Waals surface area (Å²) in [5, 5.41) is 3.13. The summed E-state index contributed by atoms with van der Waals surface area (Å²) in [7, 11) is 1.97. The Morgan fingerprint density at radius 1 is 1.18 bits per heavy atom. The van der Waals surface area contributed by atoms with Crippen LogP contribution in [0.25, 0.3) is 0 Å². The average Bonchev–Trinajstić information content (AvgIpc) is 3.10. The fraction of sp³-hybridized carbons (Fsp3) is 0.318. The Morgan fingerprint density at radius 3 is 2.79 bits per heavy atom. The molecule has 1 aliphatic rings. The number of hydrogen-bond donors (Lipinski definition) is 1. The first-order valence-electron chi connectivity index (χ1n) is 9.67. The van der Waals surface area contributed by atoms with Crippen molar-refractivity contribution in [1.82, 2.24) is 24.8 Å². The molecule has 0 spiro atoms. The number of carbonyl (C=O) groups is 1. The molecular weight excluding hydrogens is 350 g/mol. The highest BCUT2D eigenvalue weighted by Gasteiger charge is 2.35. The van der Waals surface area contributed by atoms with Crippen LogP contribution in [0.15, 0.2) is 61.2 Å². The number of pyridine rings is 1. The number of aromatic nitrogens is 3. The van der Waals surface area contributed by atoms with Gasteiger partial charge in [-0.05, 0) is 23.6 Å². The maximum Gasteiger partial charge on any atom is 0.243 e. The lowest BCUT2D eigenvalue weighted by Gasteiger charge is -2.35. The molecule has 1 aromatic carbocycles. The molecule has 0 saturated carbocycles. The minimum Gasteiger partial charge on any atom is -0.354 e. The molecule has 2 aromatic heterocycles. The summed E-state index contributed by atoms with van der Waals surface area (Å²) in [5.41, 5.74) is 4.36. The molecule has 0 aliphatic carbocycles. The van der Waals surface area contributed by atoms with Gasteiger partial charge in [0.2, 0.25) is 5.91 Å². The van der Waals surface area contributed by atoms with Crippen LogP contribution in [0.5, 0.6) is 0 Å². The molecule has 0 saturated heterocycles. The topological polar surface area (TPSA) is 63.1 Å². The van der Waals surface area contributed by atoms with E-state index in [9.17, 15) is 4.79 Å². The Hall–Kier alpha value is -2.99. The highest BCUT2D eigenvalue weighted by atomic mass is 16.2. The summed E-state index contributed by atoms with van der Waals surface area (Å²) in [6, 6.07) is 13.9. The van der Waals surface area contributed by atoms with Gasteiger partial charge in [-0.15, -0.1) is 0 Å². The van der Waals surface area contributed by atoms with E-state index >= 15 is 0 Å². The zero-order valence-electron chi connectivity index (χ0n) is 16.1. The zero-order valence-corrected chi connectivity index (χ0v) is 16.1. The number of nitrogens with zero attached hydrogens (tertiary/aromatic N) is 4. The number of benzene rings is 1. The van der Waals surface area contributed by atoms with Crippen LogP contribution < -0.4 is 5.32 Å². The monoisotopic (exact) mass is 375 g/mol. The summed E-state index contributed by atoms with van der Waals surface area (Å²) in [6.07, 6.45) is 7.04. The summed E-state index contributed by atoms with van der Waals surface area (Å²) >= 11 is 0. The minimum atomic E-state index is -0.328. The first-order valence-corrected chi connectivity index (χ1v) is 9.67. The van der Waals surface area contributed by atoms with E-state index in [1.165, 1.54) is 5.56 Å². The quantitative estimate of drug-likeness (QED) is 0.718. The van der Waals surface area contributed by atoms with Gasteiger partial charge in [-0.2, -0.15) is 0 Å². The number of carbonyl (C=O) groups excluding carboxylic acids is 1. The second kappa shape index (κ2) is 8.35. The number of amides is 1. The van der Waals surface area contributed by atoms with Crippen LogP contribution in [0.4, 0.5) is 0 Å². The van der Waals surface area contributed by atoms with Crippen LogP contribution in [0.1, 0.15) is 28.6 Å². The lowest BCUT2D eigenvalue weighted by Crippen LogP contribution is -2.45. The predicted molar refractivity (Wildman–Crippen MR) is 107 cm³/mol. The van der Waals surface area contributed by atoms with Crippen LogP contribution in [-0.4, -0.2) is 38.4 Å². The van der Waals surface area contributed by atoms with E-state index in [-0.39, 0.29) is 11.9 Å². The average molecular weight is 375 g/mol. The molecule has 1 aliphatic heterocycles. The smallest absolute Gasteiger partial charge is 0.243 e. The number of hydrogen-bond acceptors (Lipinski definition) is 4. The molecule has 6 nitrogen and oxygen atoms in total. The van der Waals surface area contributed by atoms with Crippen molar-refractivity contribution in [3.63, 3.8) is 0 Å². The van der Waals surface area contributed by atoms with Gasteiger partial charge in [0.1, 0.15) is 6.04 Å². The molecule has 6 heteroatoms. The third-order valence-corrected chi connectivity index (χ3v) is 5.23. The van der Waals surface area contributed by atoms with Gasteiger partial charge in [0.15, 0.2) is 0 Å². The summed E-state index contributed by atoms with van der Waals surface area (Å²) in [6.45, 7) is 2.15. The lowest BCUT2D eigenvalue weighted by atomic mass is 10.0. The minimum absolute atomic E-state index is 0.0318. The van der Waals surface area contributed by atoms with Crippen molar-refractivity contribution in [3.8, 4) is 0 Å². The van der Waals surface area contributed by atoms with E-state index in [0.717, 1.165) is 42.9 Å². The Bertz CT molecular complexity index is 923. The van der Waals surface area contributed by atoms with Crippen molar-refractivity contribution >= 4 is 5.91 Å². The molecule has 3 aromatic rings. The maximum absolute atomic E-state index is 13.2.